The molecule has 2 saturated heterocycles. The zero-order valence-electron chi connectivity index (χ0n) is 17.6. The second kappa shape index (κ2) is 9.43. The maximum atomic E-state index is 13.4. The van der Waals surface area contributed by atoms with Crippen LogP contribution in [0.25, 0.3) is 0 Å². The van der Waals surface area contributed by atoms with Crippen LogP contribution < -0.4 is 10.6 Å². The summed E-state index contributed by atoms with van der Waals surface area (Å²) in [4.78, 5) is 7.15. The Labute approximate surface area is 174 Å². The van der Waals surface area contributed by atoms with Gasteiger partial charge in [-0.1, -0.05) is 25.0 Å². The summed E-state index contributed by atoms with van der Waals surface area (Å²) in [5.74, 6) is 0.686. The number of nitrogens with zero attached hydrogens (tertiary/aromatic N) is 2. The van der Waals surface area contributed by atoms with E-state index < -0.39 is 0 Å². The fourth-order valence-corrected chi connectivity index (χ4v) is 5.28. The standard InChI is InChI=1S/C23H35FN4O/c1-25-22(27-20-10-13-28(16-20)21-4-2-3-5-21)26-17-23(11-14-29-15-12-23)18-6-8-19(24)9-7-18/h6-9,20-21H,2-5,10-17H2,1H3,(H2,25,26,27). The lowest BCUT2D eigenvalue weighted by Gasteiger charge is -2.38. The van der Waals surface area contributed by atoms with E-state index in [2.05, 4.69) is 20.5 Å². The quantitative estimate of drug-likeness (QED) is 0.587. The summed E-state index contributed by atoms with van der Waals surface area (Å²) in [5, 5.41) is 7.22. The van der Waals surface area contributed by atoms with Crippen molar-refractivity contribution in [2.24, 2.45) is 4.99 Å². The monoisotopic (exact) mass is 402 g/mol. The molecule has 29 heavy (non-hydrogen) atoms. The van der Waals surface area contributed by atoms with Crippen molar-refractivity contribution in [3.8, 4) is 0 Å². The van der Waals surface area contributed by atoms with Crippen molar-refractivity contribution < 1.29 is 9.13 Å². The largest absolute Gasteiger partial charge is 0.381 e. The van der Waals surface area contributed by atoms with Crippen LogP contribution in [0.4, 0.5) is 4.39 Å². The topological polar surface area (TPSA) is 48.9 Å². The molecule has 4 rings (SSSR count). The third-order valence-corrected chi connectivity index (χ3v) is 7.13. The third-order valence-electron chi connectivity index (χ3n) is 7.13. The summed E-state index contributed by atoms with van der Waals surface area (Å²) in [5.41, 5.74) is 1.13. The summed E-state index contributed by atoms with van der Waals surface area (Å²) in [6.07, 6.45) is 8.54. The van der Waals surface area contributed by atoms with E-state index in [1.807, 2.05) is 19.2 Å². The van der Waals surface area contributed by atoms with Crippen LogP contribution in [0.15, 0.2) is 29.3 Å². The minimum absolute atomic E-state index is 0.0465. The molecule has 3 aliphatic rings. The van der Waals surface area contributed by atoms with Crippen molar-refractivity contribution in [2.45, 2.75) is 62.4 Å². The second-order valence-corrected chi connectivity index (χ2v) is 8.89. The molecule has 2 aliphatic heterocycles. The van der Waals surface area contributed by atoms with Crippen LogP contribution in [-0.4, -0.2) is 62.8 Å². The number of benzene rings is 1. The molecule has 0 spiro atoms. The first-order valence-corrected chi connectivity index (χ1v) is 11.2. The summed E-state index contributed by atoms with van der Waals surface area (Å²) >= 11 is 0. The van der Waals surface area contributed by atoms with E-state index in [1.165, 1.54) is 44.2 Å². The number of rotatable bonds is 5. The van der Waals surface area contributed by atoms with Gasteiger partial charge in [-0.25, -0.2) is 4.39 Å². The third kappa shape index (κ3) is 4.92. The van der Waals surface area contributed by atoms with Gasteiger partial charge in [-0.3, -0.25) is 9.89 Å². The number of guanidine groups is 1. The second-order valence-electron chi connectivity index (χ2n) is 8.89. The molecule has 1 aliphatic carbocycles. The van der Waals surface area contributed by atoms with Gasteiger partial charge in [0.1, 0.15) is 5.82 Å². The molecule has 1 aromatic rings. The molecule has 1 saturated carbocycles. The van der Waals surface area contributed by atoms with Crippen LogP contribution in [0.5, 0.6) is 0 Å². The van der Waals surface area contributed by atoms with Crippen molar-refractivity contribution >= 4 is 5.96 Å². The number of halogens is 1. The number of aliphatic imine (C=N–C) groups is 1. The van der Waals surface area contributed by atoms with Gasteiger partial charge in [0, 0.05) is 57.4 Å². The van der Waals surface area contributed by atoms with Crippen molar-refractivity contribution in [3.63, 3.8) is 0 Å². The molecule has 1 unspecified atom stereocenters. The highest BCUT2D eigenvalue weighted by atomic mass is 19.1. The van der Waals surface area contributed by atoms with Gasteiger partial charge in [-0.15, -0.1) is 0 Å². The van der Waals surface area contributed by atoms with Gasteiger partial charge >= 0.3 is 0 Å². The lowest BCUT2D eigenvalue weighted by Crippen LogP contribution is -2.50. The highest BCUT2D eigenvalue weighted by molar-refractivity contribution is 5.80. The number of likely N-dealkylation sites (tertiary alicyclic amines) is 1. The van der Waals surface area contributed by atoms with Crippen molar-refractivity contribution in [1.82, 2.24) is 15.5 Å². The summed E-state index contributed by atoms with van der Waals surface area (Å²) in [7, 11) is 1.84. The highest BCUT2D eigenvalue weighted by Crippen LogP contribution is 2.34. The lowest BCUT2D eigenvalue weighted by molar-refractivity contribution is 0.0513. The Kier molecular flexibility index (Phi) is 6.70. The van der Waals surface area contributed by atoms with Crippen LogP contribution >= 0.6 is 0 Å². The van der Waals surface area contributed by atoms with Gasteiger partial charge in [0.05, 0.1) is 0 Å². The Morgan fingerprint density at radius 3 is 2.59 bits per heavy atom. The number of hydrogen-bond acceptors (Lipinski definition) is 3. The molecule has 0 amide bonds. The molecular weight excluding hydrogens is 367 g/mol. The van der Waals surface area contributed by atoms with Crippen molar-refractivity contribution in [3.05, 3.63) is 35.6 Å². The molecule has 0 bridgehead atoms. The van der Waals surface area contributed by atoms with Crippen LogP contribution in [-0.2, 0) is 10.2 Å². The maximum Gasteiger partial charge on any atom is 0.191 e. The van der Waals surface area contributed by atoms with Gasteiger partial charge in [0.15, 0.2) is 5.96 Å². The van der Waals surface area contributed by atoms with Crippen molar-refractivity contribution in [2.75, 3.05) is 39.9 Å². The first kappa shape index (κ1) is 20.6. The molecule has 1 aromatic carbocycles. The van der Waals surface area contributed by atoms with Crippen LogP contribution in [0.2, 0.25) is 0 Å². The summed E-state index contributed by atoms with van der Waals surface area (Å²) in [6.45, 7) is 4.56. The Morgan fingerprint density at radius 2 is 1.90 bits per heavy atom. The van der Waals surface area contributed by atoms with Crippen LogP contribution in [0.1, 0.15) is 50.5 Å². The summed E-state index contributed by atoms with van der Waals surface area (Å²) in [6, 6.07) is 8.23. The zero-order valence-corrected chi connectivity index (χ0v) is 17.6. The first-order valence-electron chi connectivity index (χ1n) is 11.2. The van der Waals surface area contributed by atoms with Gasteiger partial charge in [-0.05, 0) is 49.8 Å². The molecular formula is C23H35FN4O. The Balaban J connectivity index is 1.35. The van der Waals surface area contributed by atoms with E-state index in [0.29, 0.717) is 6.04 Å². The minimum Gasteiger partial charge on any atom is -0.381 e. The Hall–Kier alpha value is -1.66. The molecule has 2 N–H and O–H groups in total. The van der Waals surface area contributed by atoms with E-state index >= 15 is 0 Å². The van der Waals surface area contributed by atoms with E-state index in [0.717, 1.165) is 51.1 Å². The van der Waals surface area contributed by atoms with Crippen molar-refractivity contribution in [1.29, 1.82) is 0 Å². The number of hydrogen-bond donors (Lipinski definition) is 2. The SMILES string of the molecule is CN=C(NCC1(c2ccc(F)cc2)CCOCC1)NC1CCN(C2CCCC2)C1. The smallest absolute Gasteiger partial charge is 0.191 e. The molecule has 0 radical (unpaired) electrons. The van der Waals surface area contributed by atoms with Crippen LogP contribution in [0.3, 0.4) is 0 Å². The van der Waals surface area contributed by atoms with E-state index in [-0.39, 0.29) is 11.2 Å². The molecule has 2 heterocycles. The molecule has 0 aromatic heterocycles. The highest BCUT2D eigenvalue weighted by Gasteiger charge is 2.35. The van der Waals surface area contributed by atoms with Gasteiger partial charge in [0.25, 0.3) is 0 Å². The Morgan fingerprint density at radius 1 is 1.17 bits per heavy atom. The molecule has 3 fully saturated rings. The number of nitrogens with one attached hydrogen (secondary N) is 2. The molecule has 160 valence electrons. The average Bonchev–Trinajstić information content (AvgIpc) is 3.44. The molecule has 1 atom stereocenters. The predicted octanol–water partition coefficient (Wildman–Crippen LogP) is 3.06. The molecule has 6 heteroatoms. The van der Waals surface area contributed by atoms with E-state index in [4.69, 9.17) is 4.74 Å². The van der Waals surface area contributed by atoms with Gasteiger partial charge in [-0.2, -0.15) is 0 Å². The van der Waals surface area contributed by atoms with E-state index in [9.17, 15) is 4.39 Å². The normalized spacial score (nSPS) is 26.0. The average molecular weight is 403 g/mol. The lowest BCUT2D eigenvalue weighted by atomic mass is 9.74. The van der Waals surface area contributed by atoms with E-state index in [1.54, 1.807) is 12.1 Å². The first-order chi connectivity index (χ1) is 14.2. The number of ether oxygens (including phenoxy) is 1. The summed E-state index contributed by atoms with van der Waals surface area (Å²) < 4.78 is 19.1. The van der Waals surface area contributed by atoms with Crippen LogP contribution in [0, 0.1) is 5.82 Å². The molecule has 5 nitrogen and oxygen atoms in total. The Bertz CT molecular complexity index is 681. The predicted molar refractivity (Wildman–Crippen MR) is 115 cm³/mol. The fourth-order valence-electron chi connectivity index (χ4n) is 5.28. The zero-order chi connectivity index (χ0) is 20.1. The van der Waals surface area contributed by atoms with Gasteiger partial charge in [0.2, 0.25) is 0 Å². The minimum atomic E-state index is -0.186. The maximum absolute atomic E-state index is 13.4. The van der Waals surface area contributed by atoms with Gasteiger partial charge < -0.3 is 15.4 Å². The fraction of sp³-hybridized carbons (Fsp3) is 0.696.